The second-order valence-electron chi connectivity index (χ2n) is 6.38. The summed E-state index contributed by atoms with van der Waals surface area (Å²) in [6.07, 6.45) is 2.39. The number of nitrogens with one attached hydrogen (secondary N) is 1. The van der Waals surface area contributed by atoms with E-state index in [-0.39, 0.29) is 12.4 Å². The summed E-state index contributed by atoms with van der Waals surface area (Å²) in [6.45, 7) is 5.80. The van der Waals surface area contributed by atoms with Gasteiger partial charge in [-0.25, -0.2) is 8.78 Å². The normalized spacial score (nSPS) is 19.8. The van der Waals surface area contributed by atoms with Crippen molar-refractivity contribution in [1.82, 2.24) is 15.1 Å². The average molecular weight is 360 g/mol. The minimum Gasteiger partial charge on any atom is -0.336 e. The van der Waals surface area contributed by atoms with Gasteiger partial charge in [0.25, 0.3) is 5.91 Å². The van der Waals surface area contributed by atoms with Crippen molar-refractivity contribution >= 4 is 18.3 Å². The van der Waals surface area contributed by atoms with Gasteiger partial charge in [-0.05, 0) is 44.0 Å². The molecule has 2 aliphatic heterocycles. The number of amides is 1. The van der Waals surface area contributed by atoms with Crippen LogP contribution in [0.15, 0.2) is 18.2 Å². The van der Waals surface area contributed by atoms with Gasteiger partial charge in [0.15, 0.2) is 0 Å². The lowest BCUT2D eigenvalue weighted by Crippen LogP contribution is -2.50. The second kappa shape index (κ2) is 8.74. The van der Waals surface area contributed by atoms with Crippen LogP contribution < -0.4 is 5.32 Å². The minimum atomic E-state index is -0.785. The number of nitrogens with zero attached hydrogens (tertiary/aromatic N) is 2. The Kier molecular flexibility index (Phi) is 6.95. The van der Waals surface area contributed by atoms with Gasteiger partial charge in [-0.2, -0.15) is 0 Å². The van der Waals surface area contributed by atoms with Crippen molar-refractivity contribution in [1.29, 1.82) is 0 Å². The topological polar surface area (TPSA) is 35.6 Å². The molecule has 2 saturated heterocycles. The molecule has 1 N–H and O–H groups in total. The van der Waals surface area contributed by atoms with Crippen LogP contribution >= 0.6 is 12.4 Å². The van der Waals surface area contributed by atoms with Crippen molar-refractivity contribution in [3.05, 3.63) is 35.4 Å². The van der Waals surface area contributed by atoms with Gasteiger partial charge in [0, 0.05) is 32.7 Å². The smallest absolute Gasteiger partial charge is 0.259 e. The van der Waals surface area contributed by atoms with Gasteiger partial charge in [-0.3, -0.25) is 9.69 Å². The first-order valence-electron chi connectivity index (χ1n) is 8.31. The molecule has 3 rings (SSSR count). The molecule has 0 radical (unpaired) electrons. The summed E-state index contributed by atoms with van der Waals surface area (Å²) in [5, 5.41) is 3.36. The summed E-state index contributed by atoms with van der Waals surface area (Å²) < 4.78 is 27.5. The highest BCUT2D eigenvalue weighted by atomic mass is 35.5. The Morgan fingerprint density at radius 3 is 2.25 bits per heavy atom. The number of hydrogen-bond acceptors (Lipinski definition) is 3. The maximum atomic E-state index is 13.7. The van der Waals surface area contributed by atoms with Crippen molar-refractivity contribution < 1.29 is 13.6 Å². The number of piperazine rings is 1. The van der Waals surface area contributed by atoms with Crippen molar-refractivity contribution in [3.63, 3.8) is 0 Å². The molecule has 0 atom stereocenters. The van der Waals surface area contributed by atoms with Gasteiger partial charge in [0.05, 0.1) is 0 Å². The van der Waals surface area contributed by atoms with Gasteiger partial charge in [-0.1, -0.05) is 6.07 Å². The van der Waals surface area contributed by atoms with Crippen LogP contribution in [0.3, 0.4) is 0 Å². The summed E-state index contributed by atoms with van der Waals surface area (Å²) in [4.78, 5) is 16.3. The summed E-state index contributed by atoms with van der Waals surface area (Å²) in [6, 6.07) is 3.53. The highest BCUT2D eigenvalue weighted by Crippen LogP contribution is 2.18. The number of halogens is 3. The molecule has 2 heterocycles. The van der Waals surface area contributed by atoms with Crippen molar-refractivity contribution in [2.24, 2.45) is 5.92 Å². The van der Waals surface area contributed by atoms with Crippen LogP contribution in [0.2, 0.25) is 0 Å². The van der Waals surface area contributed by atoms with Crippen LogP contribution in [0.4, 0.5) is 8.78 Å². The molecule has 1 aromatic rings. The van der Waals surface area contributed by atoms with E-state index >= 15 is 0 Å². The predicted molar refractivity (Wildman–Crippen MR) is 91.5 cm³/mol. The van der Waals surface area contributed by atoms with E-state index in [9.17, 15) is 13.6 Å². The van der Waals surface area contributed by atoms with E-state index in [1.54, 1.807) is 4.90 Å². The molecule has 0 saturated carbocycles. The van der Waals surface area contributed by atoms with E-state index in [0.717, 1.165) is 44.9 Å². The fraction of sp³-hybridized carbons (Fsp3) is 0.588. The molecule has 0 bridgehead atoms. The highest BCUT2D eigenvalue weighted by molar-refractivity contribution is 5.94. The van der Waals surface area contributed by atoms with Crippen molar-refractivity contribution in [2.45, 2.75) is 12.8 Å². The third kappa shape index (κ3) is 4.43. The van der Waals surface area contributed by atoms with Gasteiger partial charge in [0.1, 0.15) is 17.2 Å². The molecular formula is C17H24ClF2N3O. The third-order valence-corrected chi connectivity index (χ3v) is 4.81. The molecule has 24 heavy (non-hydrogen) atoms. The van der Waals surface area contributed by atoms with Crippen LogP contribution in [0, 0.1) is 17.6 Å². The van der Waals surface area contributed by atoms with Crippen LogP contribution in [0.1, 0.15) is 23.2 Å². The zero-order valence-electron chi connectivity index (χ0n) is 13.6. The zero-order chi connectivity index (χ0) is 16.2. The lowest BCUT2D eigenvalue weighted by Gasteiger charge is -2.37. The van der Waals surface area contributed by atoms with E-state index in [1.165, 1.54) is 18.9 Å². The molecule has 0 spiro atoms. The number of benzene rings is 1. The molecule has 0 aromatic heterocycles. The lowest BCUT2D eigenvalue weighted by atomic mass is 9.97. The Hall–Kier alpha value is -1.24. The van der Waals surface area contributed by atoms with E-state index in [0.29, 0.717) is 19.0 Å². The maximum absolute atomic E-state index is 13.7. The largest absolute Gasteiger partial charge is 0.336 e. The van der Waals surface area contributed by atoms with Crippen LogP contribution in [-0.4, -0.2) is 61.5 Å². The summed E-state index contributed by atoms with van der Waals surface area (Å²) >= 11 is 0. The predicted octanol–water partition coefficient (Wildman–Crippen LogP) is 2.14. The first kappa shape index (κ1) is 19.1. The van der Waals surface area contributed by atoms with Gasteiger partial charge >= 0.3 is 0 Å². The molecule has 1 aromatic carbocycles. The number of rotatable bonds is 3. The van der Waals surface area contributed by atoms with Crippen molar-refractivity contribution in [3.8, 4) is 0 Å². The molecule has 4 nitrogen and oxygen atoms in total. The zero-order valence-corrected chi connectivity index (χ0v) is 14.5. The number of carbonyl (C=O) groups excluding carboxylic acids is 1. The molecule has 134 valence electrons. The molecule has 2 fully saturated rings. The van der Waals surface area contributed by atoms with Crippen LogP contribution in [0.25, 0.3) is 0 Å². The molecule has 0 unspecified atom stereocenters. The second-order valence-corrected chi connectivity index (χ2v) is 6.38. The fourth-order valence-electron chi connectivity index (χ4n) is 3.42. The molecule has 1 amide bonds. The number of piperidine rings is 1. The van der Waals surface area contributed by atoms with Crippen LogP contribution in [0.5, 0.6) is 0 Å². The fourth-order valence-corrected chi connectivity index (χ4v) is 3.42. The standard InChI is InChI=1S/C17H23F2N3O.ClH/c18-14-2-1-3-15(19)16(14)17(23)22-10-8-21(9-11-22)12-13-4-6-20-7-5-13;/h1-3,13,20H,4-12H2;1H. The first-order chi connectivity index (χ1) is 11.1. The molecule has 7 heteroatoms. The summed E-state index contributed by atoms with van der Waals surface area (Å²) in [7, 11) is 0. The van der Waals surface area contributed by atoms with Crippen LogP contribution in [-0.2, 0) is 0 Å². The van der Waals surface area contributed by atoms with E-state index in [4.69, 9.17) is 0 Å². The Bertz CT molecular complexity index is 539. The Morgan fingerprint density at radius 2 is 1.67 bits per heavy atom. The third-order valence-electron chi connectivity index (χ3n) is 4.81. The minimum absolute atomic E-state index is 0. The Balaban J connectivity index is 0.00000208. The highest BCUT2D eigenvalue weighted by Gasteiger charge is 2.27. The van der Waals surface area contributed by atoms with Gasteiger partial charge < -0.3 is 10.2 Å². The molecule has 2 aliphatic rings. The monoisotopic (exact) mass is 359 g/mol. The SMILES string of the molecule is Cl.O=C(c1c(F)cccc1F)N1CCN(CC2CCNCC2)CC1. The van der Waals surface area contributed by atoms with Gasteiger partial charge in [-0.15, -0.1) is 12.4 Å². The van der Waals surface area contributed by atoms with E-state index in [1.807, 2.05) is 0 Å². The number of hydrogen-bond donors (Lipinski definition) is 1. The lowest BCUT2D eigenvalue weighted by molar-refractivity contribution is 0.0599. The number of carbonyl (C=O) groups is 1. The Labute approximate surface area is 147 Å². The average Bonchev–Trinajstić information content (AvgIpc) is 2.56. The Morgan fingerprint density at radius 1 is 1.08 bits per heavy atom. The van der Waals surface area contributed by atoms with Gasteiger partial charge in [0.2, 0.25) is 0 Å². The van der Waals surface area contributed by atoms with E-state index in [2.05, 4.69) is 10.2 Å². The van der Waals surface area contributed by atoms with Crippen molar-refractivity contribution in [2.75, 3.05) is 45.8 Å². The molecule has 0 aliphatic carbocycles. The van der Waals surface area contributed by atoms with E-state index < -0.39 is 23.1 Å². The first-order valence-corrected chi connectivity index (χ1v) is 8.31. The molecular weight excluding hydrogens is 336 g/mol. The summed E-state index contributed by atoms with van der Waals surface area (Å²) in [5.41, 5.74) is -0.431. The summed E-state index contributed by atoms with van der Waals surface area (Å²) in [5.74, 6) is -1.40. The maximum Gasteiger partial charge on any atom is 0.259 e. The quantitative estimate of drug-likeness (QED) is 0.898.